The van der Waals surface area contributed by atoms with Crippen molar-refractivity contribution in [1.29, 1.82) is 0 Å². The summed E-state index contributed by atoms with van der Waals surface area (Å²) in [5, 5.41) is 4.63. The van der Waals surface area contributed by atoms with Crippen molar-refractivity contribution in [3.8, 4) is 0 Å². The molecular formula is C17H15N3O4S. The molecule has 2 aromatic carbocycles. The fourth-order valence-corrected chi connectivity index (χ4v) is 5.05. The maximum atomic E-state index is 13.2. The molecule has 25 heavy (non-hydrogen) atoms. The van der Waals surface area contributed by atoms with Gasteiger partial charge in [0, 0.05) is 6.04 Å². The van der Waals surface area contributed by atoms with Crippen LogP contribution in [0.4, 0.5) is 5.69 Å². The van der Waals surface area contributed by atoms with Gasteiger partial charge in [0.05, 0.1) is 21.4 Å². The van der Waals surface area contributed by atoms with E-state index in [1.807, 2.05) is 19.1 Å². The molecule has 0 radical (unpaired) electrons. The van der Waals surface area contributed by atoms with Crippen molar-refractivity contribution in [3.05, 3.63) is 68.7 Å². The van der Waals surface area contributed by atoms with E-state index in [1.165, 1.54) is 22.5 Å². The number of rotatable bonds is 2. The van der Waals surface area contributed by atoms with E-state index in [0.717, 1.165) is 5.56 Å². The average Bonchev–Trinajstić information content (AvgIpc) is 2.94. The van der Waals surface area contributed by atoms with Crippen molar-refractivity contribution in [1.82, 2.24) is 10.2 Å². The van der Waals surface area contributed by atoms with Crippen LogP contribution >= 0.6 is 0 Å². The third-order valence-electron chi connectivity index (χ3n) is 4.47. The molecule has 128 valence electrons. The summed E-state index contributed by atoms with van der Waals surface area (Å²) >= 11 is 0. The van der Waals surface area contributed by atoms with E-state index in [4.69, 9.17) is 0 Å². The van der Waals surface area contributed by atoms with Gasteiger partial charge in [-0.15, -0.1) is 0 Å². The molecule has 3 aromatic rings. The number of hydrogen-bond donors (Lipinski definition) is 2. The van der Waals surface area contributed by atoms with Crippen LogP contribution in [-0.2, 0) is 16.4 Å². The van der Waals surface area contributed by atoms with Gasteiger partial charge in [-0.1, -0.05) is 18.2 Å². The van der Waals surface area contributed by atoms with Gasteiger partial charge in [0.2, 0.25) is 0 Å². The molecule has 1 unspecified atom stereocenters. The number of aromatic amines is 2. The lowest BCUT2D eigenvalue weighted by molar-refractivity contribution is 0.584. The Hall–Kier alpha value is -2.87. The number of nitrogens with one attached hydrogen (secondary N) is 2. The first-order valence-electron chi connectivity index (χ1n) is 7.76. The maximum absolute atomic E-state index is 13.2. The van der Waals surface area contributed by atoms with Gasteiger partial charge in [0.15, 0.2) is 0 Å². The first kappa shape index (κ1) is 15.6. The third kappa shape index (κ3) is 2.29. The molecule has 0 saturated carbocycles. The minimum atomic E-state index is -3.85. The molecule has 7 nitrogen and oxygen atoms in total. The van der Waals surface area contributed by atoms with Gasteiger partial charge in [-0.3, -0.25) is 24.1 Å². The van der Waals surface area contributed by atoms with Gasteiger partial charge in [0.25, 0.3) is 21.1 Å². The minimum Gasteiger partial charge on any atom is -0.267 e. The SMILES string of the molecule is CC1Cc2ccccc2N1S(=O)(=O)c1ccc2c(=O)[nH][nH]c(=O)c2c1. The molecule has 0 saturated heterocycles. The number of H-pyrrole nitrogens is 2. The number of anilines is 1. The molecule has 4 rings (SSSR count). The van der Waals surface area contributed by atoms with Gasteiger partial charge in [-0.25, -0.2) is 8.42 Å². The van der Waals surface area contributed by atoms with E-state index in [-0.39, 0.29) is 21.7 Å². The smallest absolute Gasteiger partial charge is 0.267 e. The molecule has 8 heteroatoms. The van der Waals surface area contributed by atoms with E-state index in [2.05, 4.69) is 10.2 Å². The Morgan fingerprint density at radius 2 is 1.68 bits per heavy atom. The summed E-state index contributed by atoms with van der Waals surface area (Å²) in [5.41, 5.74) is 0.600. The predicted molar refractivity (Wildman–Crippen MR) is 94.5 cm³/mol. The van der Waals surface area contributed by atoms with E-state index >= 15 is 0 Å². The number of nitrogens with zero attached hydrogens (tertiary/aromatic N) is 1. The van der Waals surface area contributed by atoms with Crippen molar-refractivity contribution in [2.75, 3.05) is 4.31 Å². The summed E-state index contributed by atoms with van der Waals surface area (Å²) < 4.78 is 27.7. The molecule has 1 atom stereocenters. The lowest BCUT2D eigenvalue weighted by Gasteiger charge is -2.24. The highest BCUT2D eigenvalue weighted by Crippen LogP contribution is 2.36. The van der Waals surface area contributed by atoms with Gasteiger partial charge in [-0.2, -0.15) is 0 Å². The second kappa shape index (κ2) is 5.32. The summed E-state index contributed by atoms with van der Waals surface area (Å²) in [6, 6.07) is 11.1. The van der Waals surface area contributed by atoms with E-state index in [9.17, 15) is 18.0 Å². The van der Waals surface area contributed by atoms with Crippen LogP contribution in [0.25, 0.3) is 10.8 Å². The molecule has 0 bridgehead atoms. The zero-order valence-electron chi connectivity index (χ0n) is 13.3. The van der Waals surface area contributed by atoms with Crippen molar-refractivity contribution < 1.29 is 8.42 Å². The lowest BCUT2D eigenvalue weighted by Crippen LogP contribution is -2.35. The second-order valence-electron chi connectivity index (χ2n) is 6.10. The van der Waals surface area contributed by atoms with Crippen LogP contribution in [0.2, 0.25) is 0 Å². The number of fused-ring (bicyclic) bond motifs is 2. The van der Waals surface area contributed by atoms with Gasteiger partial charge >= 0.3 is 0 Å². The van der Waals surface area contributed by atoms with Crippen LogP contribution in [0.5, 0.6) is 0 Å². The van der Waals surface area contributed by atoms with Crippen molar-refractivity contribution >= 4 is 26.5 Å². The first-order chi connectivity index (χ1) is 11.9. The highest BCUT2D eigenvalue weighted by atomic mass is 32.2. The number of hydrogen-bond acceptors (Lipinski definition) is 4. The Kier molecular flexibility index (Phi) is 3.33. The number of aromatic nitrogens is 2. The molecule has 0 spiro atoms. The summed E-state index contributed by atoms with van der Waals surface area (Å²) in [4.78, 5) is 23.7. The van der Waals surface area contributed by atoms with E-state index in [0.29, 0.717) is 12.1 Å². The molecule has 2 N–H and O–H groups in total. The number of sulfonamides is 1. The Bertz CT molecular complexity index is 1210. The number of benzene rings is 2. The van der Waals surface area contributed by atoms with Crippen LogP contribution < -0.4 is 15.4 Å². The summed E-state index contributed by atoms with van der Waals surface area (Å²) in [6.45, 7) is 1.84. The molecular weight excluding hydrogens is 342 g/mol. The molecule has 0 amide bonds. The largest absolute Gasteiger partial charge is 0.270 e. The molecule has 1 aromatic heterocycles. The van der Waals surface area contributed by atoms with Crippen LogP contribution in [0.15, 0.2) is 56.9 Å². The van der Waals surface area contributed by atoms with E-state index in [1.54, 1.807) is 12.1 Å². The van der Waals surface area contributed by atoms with Gasteiger partial charge in [-0.05, 0) is 43.2 Å². The quantitative estimate of drug-likeness (QED) is 0.723. The minimum absolute atomic E-state index is 0.0142. The maximum Gasteiger partial charge on any atom is 0.270 e. The van der Waals surface area contributed by atoms with Crippen LogP contribution in [0.1, 0.15) is 12.5 Å². The topological polar surface area (TPSA) is 103 Å². The zero-order chi connectivity index (χ0) is 17.8. The summed E-state index contributed by atoms with van der Waals surface area (Å²) in [6.07, 6.45) is 0.628. The molecule has 0 aliphatic carbocycles. The van der Waals surface area contributed by atoms with Crippen LogP contribution in [0, 0.1) is 0 Å². The van der Waals surface area contributed by atoms with Crippen molar-refractivity contribution in [2.45, 2.75) is 24.3 Å². The Balaban J connectivity index is 1.92. The van der Waals surface area contributed by atoms with Crippen molar-refractivity contribution in [2.24, 2.45) is 0 Å². The molecule has 1 aliphatic rings. The fraction of sp³-hybridized carbons (Fsp3) is 0.176. The lowest BCUT2D eigenvalue weighted by atomic mass is 10.1. The Morgan fingerprint density at radius 3 is 2.44 bits per heavy atom. The Morgan fingerprint density at radius 1 is 1.00 bits per heavy atom. The van der Waals surface area contributed by atoms with Crippen LogP contribution in [0.3, 0.4) is 0 Å². The standard InChI is InChI=1S/C17H15N3O4S/c1-10-8-11-4-2-3-5-15(11)20(10)25(23,24)12-6-7-13-14(9-12)17(22)19-18-16(13)21/h2-7,9-10H,8H2,1H3,(H,18,21)(H,19,22). The van der Waals surface area contributed by atoms with E-state index < -0.39 is 21.1 Å². The van der Waals surface area contributed by atoms with Gasteiger partial charge < -0.3 is 0 Å². The molecule has 0 fully saturated rings. The highest BCUT2D eigenvalue weighted by molar-refractivity contribution is 7.92. The zero-order valence-corrected chi connectivity index (χ0v) is 14.1. The summed E-state index contributed by atoms with van der Waals surface area (Å²) in [7, 11) is -3.85. The molecule has 1 aliphatic heterocycles. The predicted octanol–water partition coefficient (Wildman–Crippen LogP) is 1.36. The average molecular weight is 357 g/mol. The number of para-hydroxylation sites is 1. The summed E-state index contributed by atoms with van der Waals surface area (Å²) in [5.74, 6) is 0. The van der Waals surface area contributed by atoms with Crippen LogP contribution in [-0.4, -0.2) is 24.7 Å². The molecule has 2 heterocycles. The second-order valence-corrected chi connectivity index (χ2v) is 7.91. The normalized spacial score (nSPS) is 17.0. The first-order valence-corrected chi connectivity index (χ1v) is 9.20. The van der Waals surface area contributed by atoms with Crippen molar-refractivity contribution in [3.63, 3.8) is 0 Å². The van der Waals surface area contributed by atoms with Gasteiger partial charge in [0.1, 0.15) is 0 Å². The third-order valence-corrected chi connectivity index (χ3v) is 6.40. The highest BCUT2D eigenvalue weighted by Gasteiger charge is 2.36. The fourth-order valence-electron chi connectivity index (χ4n) is 3.33. The monoisotopic (exact) mass is 357 g/mol. The Labute approximate surface area is 143 Å².